The zero-order valence-electron chi connectivity index (χ0n) is 18.6. The second-order valence-electron chi connectivity index (χ2n) is 7.42. The van der Waals surface area contributed by atoms with Crippen LogP contribution in [0.1, 0.15) is 17.0 Å². The number of aryl methyl sites for hydroxylation is 1. The first kappa shape index (κ1) is 24.6. The molecule has 0 saturated heterocycles. The van der Waals surface area contributed by atoms with E-state index in [-0.39, 0.29) is 17.9 Å². The van der Waals surface area contributed by atoms with Gasteiger partial charge in [-0.3, -0.25) is 14.9 Å². The van der Waals surface area contributed by atoms with Gasteiger partial charge in [-0.15, -0.1) is 0 Å². The number of rotatable bonds is 7. The second kappa shape index (κ2) is 10.4. The van der Waals surface area contributed by atoms with E-state index in [1.165, 1.54) is 30.1 Å². The molecule has 0 radical (unpaired) electrons. The minimum absolute atomic E-state index is 0.0269. The molecule has 11 heteroatoms. The van der Waals surface area contributed by atoms with Crippen LogP contribution in [0.5, 0.6) is 11.5 Å². The standard InChI is InChI=1S/C24H18Br2N4O5/c1-14-28-21-7-6-17(25)10-20(21)24(31)29(14)27-12-16-9-18(26)11-22(34-2)23(16)35-13-15-4-3-5-19(8-15)30(32)33/h3-12H,13H2,1-2H3. The van der Waals surface area contributed by atoms with E-state index >= 15 is 0 Å². The normalized spacial score (nSPS) is 11.2. The summed E-state index contributed by atoms with van der Waals surface area (Å²) >= 11 is 6.83. The monoisotopic (exact) mass is 600 g/mol. The van der Waals surface area contributed by atoms with Crippen molar-refractivity contribution >= 4 is 54.7 Å². The number of nitrogens with zero attached hydrogens (tertiary/aromatic N) is 4. The highest BCUT2D eigenvalue weighted by Gasteiger charge is 2.14. The minimum Gasteiger partial charge on any atom is -0.493 e. The predicted octanol–water partition coefficient (Wildman–Crippen LogP) is 5.61. The predicted molar refractivity (Wildman–Crippen MR) is 140 cm³/mol. The van der Waals surface area contributed by atoms with Crippen molar-refractivity contribution in [3.63, 3.8) is 0 Å². The summed E-state index contributed by atoms with van der Waals surface area (Å²) in [6, 6.07) is 15.0. The first-order valence-electron chi connectivity index (χ1n) is 10.2. The number of methoxy groups -OCH3 is 1. The Morgan fingerprint density at radius 2 is 1.94 bits per heavy atom. The van der Waals surface area contributed by atoms with Gasteiger partial charge in [-0.2, -0.15) is 9.78 Å². The van der Waals surface area contributed by atoms with E-state index < -0.39 is 4.92 Å². The van der Waals surface area contributed by atoms with E-state index in [2.05, 4.69) is 41.9 Å². The third-order valence-electron chi connectivity index (χ3n) is 5.06. The summed E-state index contributed by atoms with van der Waals surface area (Å²) in [7, 11) is 1.50. The Hall–Kier alpha value is -3.57. The van der Waals surface area contributed by atoms with Crippen LogP contribution in [0.25, 0.3) is 10.9 Å². The molecule has 0 spiro atoms. The third-order valence-corrected chi connectivity index (χ3v) is 6.01. The quantitative estimate of drug-likeness (QED) is 0.155. The fourth-order valence-corrected chi connectivity index (χ4v) is 4.24. The van der Waals surface area contributed by atoms with Gasteiger partial charge in [0, 0.05) is 26.6 Å². The molecule has 3 aromatic carbocycles. The van der Waals surface area contributed by atoms with Gasteiger partial charge in [0.1, 0.15) is 12.4 Å². The lowest BCUT2D eigenvalue weighted by Gasteiger charge is -2.14. The fourth-order valence-electron chi connectivity index (χ4n) is 3.42. The average molecular weight is 602 g/mol. The molecule has 4 rings (SSSR count). The lowest BCUT2D eigenvalue weighted by Crippen LogP contribution is -2.20. The topological polar surface area (TPSA) is 109 Å². The van der Waals surface area contributed by atoms with Crippen LogP contribution in [0, 0.1) is 17.0 Å². The molecule has 0 unspecified atom stereocenters. The smallest absolute Gasteiger partial charge is 0.282 e. The molecule has 9 nitrogen and oxygen atoms in total. The fraction of sp³-hybridized carbons (Fsp3) is 0.125. The number of non-ortho nitro benzene ring substituents is 1. The van der Waals surface area contributed by atoms with Crippen molar-refractivity contribution in [2.45, 2.75) is 13.5 Å². The molecule has 0 fully saturated rings. The number of nitro benzene ring substituents is 1. The molecule has 0 N–H and O–H groups in total. The molecule has 0 atom stereocenters. The van der Waals surface area contributed by atoms with Gasteiger partial charge in [0.15, 0.2) is 11.5 Å². The average Bonchev–Trinajstić information content (AvgIpc) is 2.83. The Kier molecular flexibility index (Phi) is 7.27. The van der Waals surface area contributed by atoms with Gasteiger partial charge in [0.2, 0.25) is 0 Å². The minimum atomic E-state index is -0.460. The van der Waals surface area contributed by atoms with Crippen molar-refractivity contribution in [1.82, 2.24) is 9.66 Å². The van der Waals surface area contributed by atoms with E-state index in [1.807, 2.05) is 6.07 Å². The molecular formula is C24H18Br2N4O5. The molecule has 4 aromatic rings. The number of hydrogen-bond acceptors (Lipinski definition) is 7. The van der Waals surface area contributed by atoms with Crippen molar-refractivity contribution in [3.8, 4) is 11.5 Å². The van der Waals surface area contributed by atoms with E-state index in [0.29, 0.717) is 43.8 Å². The Labute approximate surface area is 216 Å². The number of benzene rings is 3. The lowest BCUT2D eigenvalue weighted by atomic mass is 10.2. The zero-order chi connectivity index (χ0) is 25.1. The van der Waals surface area contributed by atoms with E-state index in [9.17, 15) is 14.9 Å². The van der Waals surface area contributed by atoms with Gasteiger partial charge in [-0.05, 0) is 42.8 Å². The summed E-state index contributed by atoms with van der Waals surface area (Å²) < 4.78 is 14.2. The molecule has 0 aliphatic carbocycles. The second-order valence-corrected chi connectivity index (χ2v) is 9.26. The Morgan fingerprint density at radius 3 is 2.69 bits per heavy atom. The molecular weight excluding hydrogens is 584 g/mol. The number of hydrogen-bond donors (Lipinski definition) is 0. The van der Waals surface area contributed by atoms with E-state index in [1.54, 1.807) is 43.3 Å². The van der Waals surface area contributed by atoms with Crippen molar-refractivity contribution in [1.29, 1.82) is 0 Å². The van der Waals surface area contributed by atoms with E-state index in [0.717, 1.165) is 4.47 Å². The van der Waals surface area contributed by atoms with Crippen LogP contribution in [0.4, 0.5) is 5.69 Å². The van der Waals surface area contributed by atoms with Crippen LogP contribution in [0.2, 0.25) is 0 Å². The van der Waals surface area contributed by atoms with Gasteiger partial charge < -0.3 is 9.47 Å². The van der Waals surface area contributed by atoms with Crippen LogP contribution >= 0.6 is 31.9 Å². The summed E-state index contributed by atoms with van der Waals surface area (Å²) in [6.07, 6.45) is 1.48. The summed E-state index contributed by atoms with van der Waals surface area (Å²) in [6.45, 7) is 1.76. The molecule has 0 amide bonds. The number of halogens is 2. The number of fused-ring (bicyclic) bond motifs is 1. The number of ether oxygens (including phenoxy) is 2. The maximum atomic E-state index is 13.1. The maximum Gasteiger partial charge on any atom is 0.282 e. The molecule has 0 aliphatic rings. The molecule has 0 bridgehead atoms. The number of nitro groups is 1. The summed E-state index contributed by atoms with van der Waals surface area (Å²) in [5, 5.41) is 15.9. The SMILES string of the molecule is COc1cc(Br)cc(C=Nn2c(C)nc3ccc(Br)cc3c2=O)c1OCc1cccc([N+](=O)[O-])c1. The van der Waals surface area contributed by atoms with Crippen molar-refractivity contribution in [2.75, 3.05) is 7.11 Å². The summed E-state index contributed by atoms with van der Waals surface area (Å²) in [5.74, 6) is 1.21. The van der Waals surface area contributed by atoms with Gasteiger partial charge >= 0.3 is 0 Å². The van der Waals surface area contributed by atoms with Crippen molar-refractivity contribution in [3.05, 3.63) is 101 Å². The van der Waals surface area contributed by atoms with Crippen LogP contribution in [-0.4, -0.2) is 27.9 Å². The lowest BCUT2D eigenvalue weighted by molar-refractivity contribution is -0.384. The summed E-state index contributed by atoms with van der Waals surface area (Å²) in [4.78, 5) is 28.2. The molecule has 0 saturated carbocycles. The largest absolute Gasteiger partial charge is 0.493 e. The van der Waals surface area contributed by atoms with Gasteiger partial charge in [-0.1, -0.05) is 44.0 Å². The maximum absolute atomic E-state index is 13.1. The van der Waals surface area contributed by atoms with Crippen LogP contribution in [0.15, 0.2) is 73.4 Å². The van der Waals surface area contributed by atoms with Crippen molar-refractivity contribution < 1.29 is 14.4 Å². The third kappa shape index (κ3) is 5.41. The van der Waals surface area contributed by atoms with E-state index in [4.69, 9.17) is 9.47 Å². The molecule has 178 valence electrons. The Morgan fingerprint density at radius 1 is 1.14 bits per heavy atom. The highest BCUT2D eigenvalue weighted by atomic mass is 79.9. The van der Waals surface area contributed by atoms with Crippen LogP contribution in [0.3, 0.4) is 0 Å². The van der Waals surface area contributed by atoms with Gasteiger partial charge in [-0.25, -0.2) is 4.98 Å². The first-order valence-corrected chi connectivity index (χ1v) is 11.8. The first-order chi connectivity index (χ1) is 16.8. The highest BCUT2D eigenvalue weighted by molar-refractivity contribution is 9.10. The number of aromatic nitrogens is 2. The highest BCUT2D eigenvalue weighted by Crippen LogP contribution is 2.35. The molecule has 1 aromatic heterocycles. The van der Waals surface area contributed by atoms with Crippen LogP contribution in [-0.2, 0) is 6.61 Å². The Bertz CT molecular complexity index is 1530. The van der Waals surface area contributed by atoms with Gasteiger partial charge in [0.05, 0.1) is 29.2 Å². The zero-order valence-corrected chi connectivity index (χ0v) is 21.7. The Balaban J connectivity index is 1.73. The van der Waals surface area contributed by atoms with Gasteiger partial charge in [0.25, 0.3) is 11.2 Å². The molecule has 35 heavy (non-hydrogen) atoms. The van der Waals surface area contributed by atoms with Crippen LogP contribution < -0.4 is 15.0 Å². The molecule has 1 heterocycles. The summed E-state index contributed by atoms with van der Waals surface area (Å²) in [5.41, 5.74) is 1.38. The molecule has 0 aliphatic heterocycles. The van der Waals surface area contributed by atoms with Crippen molar-refractivity contribution in [2.24, 2.45) is 5.10 Å².